The number of aryl methyl sites for hydroxylation is 3. The lowest BCUT2D eigenvalue weighted by Gasteiger charge is -2.16. The van der Waals surface area contributed by atoms with Crippen molar-refractivity contribution in [2.45, 2.75) is 40.5 Å². The van der Waals surface area contributed by atoms with E-state index in [1.165, 1.54) is 0 Å². The quantitative estimate of drug-likeness (QED) is 0.607. The molecule has 0 bridgehead atoms. The van der Waals surface area contributed by atoms with E-state index in [0.29, 0.717) is 11.5 Å². The van der Waals surface area contributed by atoms with Crippen LogP contribution in [0.5, 0.6) is 11.5 Å². The minimum absolute atomic E-state index is 0.200. The summed E-state index contributed by atoms with van der Waals surface area (Å²) >= 11 is 3.52. The molecular weight excluding hydrogens is 436 g/mol. The zero-order valence-electron chi connectivity index (χ0n) is 17.4. The van der Waals surface area contributed by atoms with E-state index >= 15 is 0 Å². The van der Waals surface area contributed by atoms with Gasteiger partial charge in [0.05, 0.1) is 0 Å². The number of benzene rings is 2. The highest BCUT2D eigenvalue weighted by Crippen LogP contribution is 2.32. The van der Waals surface area contributed by atoms with Crippen LogP contribution in [0.4, 0.5) is 0 Å². The van der Waals surface area contributed by atoms with E-state index in [-0.39, 0.29) is 19.1 Å². The standard InChI is InChI=1S/C22H27BrN2O4/c1-13(2)17-10-18(23)16(5)9-20(17)29-12-22(27)25-24-21(26)11-28-19-8-14(3)6-7-15(19)4/h6-10,13H,11-12H2,1-5H3,(H,24,26)(H,25,27). The molecule has 156 valence electrons. The van der Waals surface area contributed by atoms with Gasteiger partial charge in [0.25, 0.3) is 11.8 Å². The number of halogens is 1. The third-order valence-electron chi connectivity index (χ3n) is 4.32. The Kier molecular flexibility index (Phi) is 8.08. The smallest absolute Gasteiger partial charge is 0.276 e. The Morgan fingerprint density at radius 3 is 2.07 bits per heavy atom. The highest BCUT2D eigenvalue weighted by atomic mass is 79.9. The summed E-state index contributed by atoms with van der Waals surface area (Å²) in [6.07, 6.45) is 0. The van der Waals surface area contributed by atoms with Gasteiger partial charge in [0.1, 0.15) is 11.5 Å². The van der Waals surface area contributed by atoms with Gasteiger partial charge in [-0.2, -0.15) is 0 Å². The van der Waals surface area contributed by atoms with Gasteiger partial charge in [-0.05, 0) is 67.1 Å². The van der Waals surface area contributed by atoms with Crippen LogP contribution in [0.1, 0.15) is 42.0 Å². The predicted octanol–water partition coefficient (Wildman–Crippen LogP) is 4.10. The third kappa shape index (κ3) is 6.78. The molecule has 2 aromatic rings. The molecule has 2 rings (SSSR count). The molecule has 6 nitrogen and oxygen atoms in total. The number of carbonyl (C=O) groups excluding carboxylic acids is 2. The molecule has 0 heterocycles. The first-order valence-electron chi connectivity index (χ1n) is 9.38. The molecule has 0 atom stereocenters. The van der Waals surface area contributed by atoms with Crippen LogP contribution in [0.3, 0.4) is 0 Å². The van der Waals surface area contributed by atoms with Gasteiger partial charge in [-0.25, -0.2) is 0 Å². The number of hydrogen-bond donors (Lipinski definition) is 2. The fourth-order valence-corrected chi connectivity index (χ4v) is 2.97. The van der Waals surface area contributed by atoms with Gasteiger partial charge < -0.3 is 9.47 Å². The lowest BCUT2D eigenvalue weighted by molar-refractivity contribution is -0.131. The molecule has 0 saturated carbocycles. The Balaban J connectivity index is 1.82. The van der Waals surface area contributed by atoms with Crippen molar-refractivity contribution in [3.05, 3.63) is 57.1 Å². The second-order valence-corrected chi connectivity index (χ2v) is 8.09. The van der Waals surface area contributed by atoms with Crippen LogP contribution < -0.4 is 20.3 Å². The van der Waals surface area contributed by atoms with Gasteiger partial charge in [0.15, 0.2) is 13.2 Å². The van der Waals surface area contributed by atoms with Crippen LogP contribution >= 0.6 is 15.9 Å². The van der Waals surface area contributed by atoms with Crippen molar-refractivity contribution in [2.24, 2.45) is 0 Å². The third-order valence-corrected chi connectivity index (χ3v) is 5.17. The number of ether oxygens (including phenoxy) is 2. The molecule has 0 radical (unpaired) electrons. The first kappa shape index (κ1) is 22.7. The van der Waals surface area contributed by atoms with Crippen LogP contribution in [0.25, 0.3) is 0 Å². The molecular formula is C22H27BrN2O4. The largest absolute Gasteiger partial charge is 0.483 e. The summed E-state index contributed by atoms with van der Waals surface area (Å²) in [6, 6.07) is 9.65. The maximum Gasteiger partial charge on any atom is 0.276 e. The number of hydrazine groups is 1. The second kappa shape index (κ2) is 10.3. The molecule has 2 amide bonds. The highest BCUT2D eigenvalue weighted by molar-refractivity contribution is 9.10. The zero-order chi connectivity index (χ0) is 21.6. The SMILES string of the molecule is Cc1ccc(C)c(OCC(=O)NNC(=O)COc2cc(C)c(Br)cc2C(C)C)c1. The van der Waals surface area contributed by atoms with Gasteiger partial charge in [0.2, 0.25) is 0 Å². The molecule has 0 aromatic heterocycles. The topological polar surface area (TPSA) is 76.7 Å². The summed E-state index contributed by atoms with van der Waals surface area (Å²) < 4.78 is 12.2. The second-order valence-electron chi connectivity index (χ2n) is 7.24. The monoisotopic (exact) mass is 462 g/mol. The lowest BCUT2D eigenvalue weighted by Crippen LogP contribution is -2.45. The number of carbonyl (C=O) groups is 2. The van der Waals surface area contributed by atoms with Crippen LogP contribution in [-0.2, 0) is 9.59 Å². The molecule has 2 aromatic carbocycles. The number of hydrogen-bond acceptors (Lipinski definition) is 4. The molecule has 0 unspecified atom stereocenters. The predicted molar refractivity (Wildman–Crippen MR) is 116 cm³/mol. The van der Waals surface area contributed by atoms with Gasteiger partial charge in [-0.3, -0.25) is 20.4 Å². The summed E-state index contributed by atoms with van der Waals surface area (Å²) in [5, 5.41) is 0. The van der Waals surface area contributed by atoms with Crippen molar-refractivity contribution in [3.63, 3.8) is 0 Å². The molecule has 0 aliphatic rings. The van der Waals surface area contributed by atoms with E-state index in [1.807, 2.05) is 51.1 Å². The molecule has 7 heteroatoms. The number of nitrogens with one attached hydrogen (secondary N) is 2. The Morgan fingerprint density at radius 1 is 0.897 bits per heavy atom. The molecule has 2 N–H and O–H groups in total. The van der Waals surface area contributed by atoms with Crippen LogP contribution in [0, 0.1) is 20.8 Å². The normalized spacial score (nSPS) is 10.6. The molecule has 0 aliphatic heterocycles. The zero-order valence-corrected chi connectivity index (χ0v) is 19.0. The van der Waals surface area contributed by atoms with Gasteiger partial charge in [0, 0.05) is 4.47 Å². The van der Waals surface area contributed by atoms with Crippen molar-refractivity contribution in [2.75, 3.05) is 13.2 Å². The van der Waals surface area contributed by atoms with Crippen molar-refractivity contribution in [3.8, 4) is 11.5 Å². The van der Waals surface area contributed by atoms with Crippen molar-refractivity contribution in [1.29, 1.82) is 0 Å². The molecule has 29 heavy (non-hydrogen) atoms. The summed E-state index contributed by atoms with van der Waals surface area (Å²) in [7, 11) is 0. The van der Waals surface area contributed by atoms with E-state index in [1.54, 1.807) is 0 Å². The summed E-state index contributed by atoms with van der Waals surface area (Å²) in [5.74, 6) is 0.621. The summed E-state index contributed by atoms with van der Waals surface area (Å²) in [6.45, 7) is 9.51. The van der Waals surface area contributed by atoms with Crippen LogP contribution in [0.2, 0.25) is 0 Å². The Bertz CT molecular complexity index is 897. The van der Waals surface area contributed by atoms with E-state index in [0.717, 1.165) is 26.7 Å². The van der Waals surface area contributed by atoms with Gasteiger partial charge in [-0.1, -0.05) is 41.9 Å². The van der Waals surface area contributed by atoms with E-state index < -0.39 is 11.8 Å². The minimum Gasteiger partial charge on any atom is -0.483 e. The molecule has 0 saturated heterocycles. The molecule has 0 spiro atoms. The van der Waals surface area contributed by atoms with E-state index in [9.17, 15) is 9.59 Å². The average molecular weight is 463 g/mol. The van der Waals surface area contributed by atoms with Gasteiger partial charge >= 0.3 is 0 Å². The Labute approximate surface area is 180 Å². The van der Waals surface area contributed by atoms with Crippen molar-refractivity contribution in [1.82, 2.24) is 10.9 Å². The lowest BCUT2D eigenvalue weighted by atomic mass is 10.0. The fraction of sp³-hybridized carbons (Fsp3) is 0.364. The minimum atomic E-state index is -0.458. The number of rotatable bonds is 7. The first-order valence-corrected chi connectivity index (χ1v) is 10.2. The van der Waals surface area contributed by atoms with Crippen LogP contribution in [-0.4, -0.2) is 25.0 Å². The van der Waals surface area contributed by atoms with Gasteiger partial charge in [-0.15, -0.1) is 0 Å². The summed E-state index contributed by atoms with van der Waals surface area (Å²) in [4.78, 5) is 23.9. The first-order chi connectivity index (χ1) is 13.7. The molecule has 0 aliphatic carbocycles. The van der Waals surface area contributed by atoms with E-state index in [2.05, 4.69) is 40.6 Å². The van der Waals surface area contributed by atoms with Crippen LogP contribution in [0.15, 0.2) is 34.8 Å². The Hall–Kier alpha value is -2.54. The maximum absolute atomic E-state index is 12.0. The number of amides is 2. The Morgan fingerprint density at radius 2 is 1.48 bits per heavy atom. The highest BCUT2D eigenvalue weighted by Gasteiger charge is 2.13. The summed E-state index contributed by atoms with van der Waals surface area (Å²) in [5.41, 5.74) is 8.66. The van der Waals surface area contributed by atoms with E-state index in [4.69, 9.17) is 9.47 Å². The van der Waals surface area contributed by atoms with Crippen molar-refractivity contribution < 1.29 is 19.1 Å². The molecule has 0 fully saturated rings. The average Bonchev–Trinajstić information content (AvgIpc) is 2.67. The maximum atomic E-state index is 12.0. The van der Waals surface area contributed by atoms with Crippen molar-refractivity contribution >= 4 is 27.7 Å². The fourth-order valence-electron chi connectivity index (χ4n) is 2.61.